The van der Waals surface area contributed by atoms with Gasteiger partial charge in [0.15, 0.2) is 0 Å². The molecular formula is C14H19N7O2. The van der Waals surface area contributed by atoms with Gasteiger partial charge in [-0.15, -0.1) is 0 Å². The first kappa shape index (κ1) is 15.4. The Hall–Kier alpha value is -2.52. The number of aliphatic hydroxyl groups is 1. The van der Waals surface area contributed by atoms with Crippen molar-refractivity contribution in [3.05, 3.63) is 30.9 Å². The second-order valence-electron chi connectivity index (χ2n) is 5.20. The normalized spacial score (nSPS) is 15.6. The Labute approximate surface area is 133 Å². The number of β-amino-alcohol motifs (C(OH)–C–C–N with tert-alkyl or cyclic N) is 1. The van der Waals surface area contributed by atoms with Gasteiger partial charge in [-0.1, -0.05) is 0 Å². The summed E-state index contributed by atoms with van der Waals surface area (Å²) >= 11 is 0. The number of hydrogen-bond acceptors (Lipinski definition) is 6. The van der Waals surface area contributed by atoms with E-state index in [2.05, 4.69) is 25.3 Å². The molecule has 0 unspecified atom stereocenters. The highest BCUT2D eigenvalue weighted by molar-refractivity contribution is 5.89. The highest BCUT2D eigenvalue weighted by atomic mass is 16.3. The van der Waals surface area contributed by atoms with Crippen molar-refractivity contribution in [1.82, 2.24) is 29.5 Å². The Morgan fingerprint density at radius 1 is 1.22 bits per heavy atom. The summed E-state index contributed by atoms with van der Waals surface area (Å²) in [4.78, 5) is 24.3. The lowest BCUT2D eigenvalue weighted by molar-refractivity contribution is 0.127. The predicted molar refractivity (Wildman–Crippen MR) is 83.3 cm³/mol. The van der Waals surface area contributed by atoms with Crippen LogP contribution >= 0.6 is 0 Å². The average molecular weight is 317 g/mol. The molecule has 0 bridgehead atoms. The molecule has 0 aromatic carbocycles. The molecule has 1 fully saturated rings. The third kappa shape index (κ3) is 3.82. The molecule has 0 spiro atoms. The molecule has 0 saturated carbocycles. The van der Waals surface area contributed by atoms with Crippen molar-refractivity contribution in [2.75, 3.05) is 44.6 Å². The molecule has 2 aromatic rings. The minimum Gasteiger partial charge on any atom is -0.395 e. The van der Waals surface area contributed by atoms with Gasteiger partial charge in [-0.2, -0.15) is 5.10 Å². The third-order valence-corrected chi connectivity index (χ3v) is 3.67. The van der Waals surface area contributed by atoms with Crippen LogP contribution in [0.15, 0.2) is 30.9 Å². The largest absolute Gasteiger partial charge is 0.395 e. The lowest BCUT2D eigenvalue weighted by Crippen LogP contribution is -2.50. The van der Waals surface area contributed by atoms with Gasteiger partial charge in [0.1, 0.15) is 0 Å². The number of aromatic nitrogens is 4. The summed E-state index contributed by atoms with van der Waals surface area (Å²) in [6.45, 7) is 3.62. The molecule has 1 aliphatic rings. The van der Waals surface area contributed by atoms with Crippen LogP contribution in [-0.4, -0.2) is 80.0 Å². The summed E-state index contributed by atoms with van der Waals surface area (Å²) in [6.07, 6.45) is 6.51. The van der Waals surface area contributed by atoms with E-state index in [0.29, 0.717) is 31.3 Å². The van der Waals surface area contributed by atoms with E-state index in [1.807, 2.05) is 0 Å². The molecule has 1 aliphatic heterocycles. The Bertz CT molecular complexity index is 638. The molecule has 0 radical (unpaired) electrons. The highest BCUT2D eigenvalue weighted by Crippen LogP contribution is 2.10. The van der Waals surface area contributed by atoms with Gasteiger partial charge < -0.3 is 15.3 Å². The van der Waals surface area contributed by atoms with Crippen molar-refractivity contribution in [1.29, 1.82) is 0 Å². The summed E-state index contributed by atoms with van der Waals surface area (Å²) in [6, 6.07) is 1.58. The maximum Gasteiger partial charge on any atom is 0.322 e. The monoisotopic (exact) mass is 317 g/mol. The molecule has 9 nitrogen and oxygen atoms in total. The van der Waals surface area contributed by atoms with Crippen molar-refractivity contribution in [2.45, 2.75) is 0 Å². The van der Waals surface area contributed by atoms with Crippen LogP contribution in [0, 0.1) is 0 Å². The third-order valence-electron chi connectivity index (χ3n) is 3.67. The van der Waals surface area contributed by atoms with Crippen LogP contribution in [-0.2, 0) is 0 Å². The van der Waals surface area contributed by atoms with Crippen LogP contribution in [0.5, 0.6) is 0 Å². The molecule has 3 heterocycles. The average Bonchev–Trinajstić information content (AvgIpc) is 3.05. The van der Waals surface area contributed by atoms with Crippen LogP contribution in [0.2, 0.25) is 0 Å². The van der Waals surface area contributed by atoms with E-state index in [1.54, 1.807) is 35.8 Å². The molecule has 2 N–H and O–H groups in total. The Balaban J connectivity index is 1.56. The minimum atomic E-state index is -0.151. The van der Waals surface area contributed by atoms with Gasteiger partial charge in [-0.3, -0.25) is 4.90 Å². The van der Waals surface area contributed by atoms with E-state index in [9.17, 15) is 4.79 Å². The van der Waals surface area contributed by atoms with E-state index in [1.165, 1.54) is 4.68 Å². The summed E-state index contributed by atoms with van der Waals surface area (Å²) in [7, 11) is 0. The van der Waals surface area contributed by atoms with E-state index in [4.69, 9.17) is 5.11 Å². The molecule has 2 amide bonds. The SMILES string of the molecule is O=C(Nc1cnn(-c2ncccn2)c1)N1CCN(CCO)CC1. The molecule has 0 atom stereocenters. The van der Waals surface area contributed by atoms with Gasteiger partial charge in [0.25, 0.3) is 0 Å². The number of amides is 2. The Kier molecular flexibility index (Phi) is 4.79. The van der Waals surface area contributed by atoms with Crippen LogP contribution < -0.4 is 5.32 Å². The van der Waals surface area contributed by atoms with E-state index in [-0.39, 0.29) is 12.6 Å². The lowest BCUT2D eigenvalue weighted by Gasteiger charge is -2.34. The van der Waals surface area contributed by atoms with Gasteiger partial charge in [-0.05, 0) is 6.07 Å². The summed E-state index contributed by atoms with van der Waals surface area (Å²) in [5, 5.41) is 15.9. The number of nitrogens with one attached hydrogen (secondary N) is 1. The first-order valence-corrected chi connectivity index (χ1v) is 7.47. The molecule has 1 saturated heterocycles. The van der Waals surface area contributed by atoms with Crippen molar-refractivity contribution in [3.8, 4) is 5.95 Å². The summed E-state index contributed by atoms with van der Waals surface area (Å²) in [5.74, 6) is 0.450. The second kappa shape index (κ2) is 7.16. The topological polar surface area (TPSA) is 99.4 Å². The van der Waals surface area contributed by atoms with Gasteiger partial charge in [0, 0.05) is 45.1 Å². The molecule has 0 aliphatic carbocycles. The van der Waals surface area contributed by atoms with Crippen LogP contribution in [0.25, 0.3) is 5.95 Å². The second-order valence-corrected chi connectivity index (χ2v) is 5.20. The van der Waals surface area contributed by atoms with Gasteiger partial charge in [-0.25, -0.2) is 19.4 Å². The number of rotatable bonds is 4. The zero-order chi connectivity index (χ0) is 16.1. The quantitative estimate of drug-likeness (QED) is 0.810. The maximum atomic E-state index is 12.3. The number of carbonyl (C=O) groups excluding carboxylic acids is 1. The molecular weight excluding hydrogens is 298 g/mol. The number of carbonyl (C=O) groups is 1. The molecule has 23 heavy (non-hydrogen) atoms. The van der Waals surface area contributed by atoms with E-state index in [0.717, 1.165) is 13.1 Å². The minimum absolute atomic E-state index is 0.146. The first-order chi connectivity index (χ1) is 11.3. The van der Waals surface area contributed by atoms with Crippen LogP contribution in [0.4, 0.5) is 10.5 Å². The number of hydrogen-bond donors (Lipinski definition) is 2. The molecule has 2 aromatic heterocycles. The summed E-state index contributed by atoms with van der Waals surface area (Å²) < 4.78 is 1.51. The zero-order valence-corrected chi connectivity index (χ0v) is 12.7. The number of aliphatic hydroxyl groups excluding tert-OH is 1. The predicted octanol–water partition coefficient (Wildman–Crippen LogP) is -0.196. The van der Waals surface area contributed by atoms with Gasteiger partial charge in [0.2, 0.25) is 5.95 Å². The highest BCUT2D eigenvalue weighted by Gasteiger charge is 2.21. The molecule has 3 rings (SSSR count). The van der Waals surface area contributed by atoms with Gasteiger partial charge in [0.05, 0.1) is 24.7 Å². The fraction of sp³-hybridized carbons (Fsp3) is 0.429. The Morgan fingerprint density at radius 3 is 2.65 bits per heavy atom. The van der Waals surface area contributed by atoms with Crippen molar-refractivity contribution in [3.63, 3.8) is 0 Å². The Morgan fingerprint density at radius 2 is 1.96 bits per heavy atom. The first-order valence-electron chi connectivity index (χ1n) is 7.47. The van der Waals surface area contributed by atoms with Crippen molar-refractivity contribution < 1.29 is 9.90 Å². The zero-order valence-electron chi connectivity index (χ0n) is 12.7. The van der Waals surface area contributed by atoms with Crippen molar-refractivity contribution in [2.24, 2.45) is 0 Å². The molecule has 122 valence electrons. The van der Waals surface area contributed by atoms with E-state index < -0.39 is 0 Å². The smallest absolute Gasteiger partial charge is 0.322 e. The van der Waals surface area contributed by atoms with Gasteiger partial charge >= 0.3 is 6.03 Å². The van der Waals surface area contributed by atoms with E-state index >= 15 is 0 Å². The van der Waals surface area contributed by atoms with Crippen molar-refractivity contribution >= 4 is 11.7 Å². The number of piperazine rings is 1. The maximum absolute atomic E-state index is 12.3. The summed E-state index contributed by atoms with van der Waals surface area (Å²) in [5.41, 5.74) is 0.597. The standard InChI is InChI=1S/C14H19N7O2/c22-9-8-19-4-6-20(7-5-19)14(23)18-12-10-17-21(11-12)13-15-2-1-3-16-13/h1-3,10-11,22H,4-9H2,(H,18,23). The van der Waals surface area contributed by atoms with Crippen LogP contribution in [0.3, 0.4) is 0 Å². The molecule has 9 heteroatoms. The number of anilines is 1. The fourth-order valence-electron chi connectivity index (χ4n) is 2.42. The number of urea groups is 1. The fourth-order valence-corrected chi connectivity index (χ4v) is 2.42. The van der Waals surface area contributed by atoms with Crippen LogP contribution in [0.1, 0.15) is 0 Å². The lowest BCUT2D eigenvalue weighted by atomic mass is 10.3. The number of nitrogens with zero attached hydrogens (tertiary/aromatic N) is 6.